The maximum Gasteiger partial charge on any atom is 0.235 e. The van der Waals surface area contributed by atoms with E-state index in [4.69, 9.17) is 5.73 Å². The van der Waals surface area contributed by atoms with E-state index >= 15 is 0 Å². The van der Waals surface area contributed by atoms with Crippen LogP contribution in [-0.2, 0) is 15.4 Å². The maximum absolute atomic E-state index is 11.8. The lowest BCUT2D eigenvalue weighted by Gasteiger charge is -2.23. The summed E-state index contributed by atoms with van der Waals surface area (Å²) in [6, 6.07) is 7.45. The maximum atomic E-state index is 11.8. The van der Waals surface area contributed by atoms with Crippen molar-refractivity contribution in [1.82, 2.24) is 0 Å². The number of rotatable bonds is 5. The summed E-state index contributed by atoms with van der Waals surface area (Å²) < 4.78 is 26.2. The Morgan fingerprint density at radius 1 is 1.28 bits per heavy atom. The monoisotopic (exact) mass is 268 g/mol. The molecule has 3 N–H and O–H groups in total. The molecule has 0 bridgehead atoms. The van der Waals surface area contributed by atoms with Crippen LogP contribution in [0.1, 0.15) is 32.3 Å². The predicted octanol–water partition coefficient (Wildman–Crippen LogP) is 1.83. The first-order valence-corrected chi connectivity index (χ1v) is 7.72. The van der Waals surface area contributed by atoms with Gasteiger partial charge in [0.05, 0.1) is 5.25 Å². The van der Waals surface area contributed by atoms with Crippen LogP contribution in [-0.4, -0.2) is 20.2 Å². The Kier molecular flexibility index (Phi) is 3.38. The highest BCUT2D eigenvalue weighted by molar-refractivity contribution is 7.93. The van der Waals surface area contributed by atoms with Crippen LogP contribution in [0.15, 0.2) is 24.3 Å². The number of hydrogen-bond donors (Lipinski definition) is 2. The molecule has 1 saturated carbocycles. The third kappa shape index (κ3) is 2.84. The lowest BCUT2D eigenvalue weighted by Crippen LogP contribution is -2.28. The van der Waals surface area contributed by atoms with E-state index in [1.54, 1.807) is 12.1 Å². The van der Waals surface area contributed by atoms with Crippen molar-refractivity contribution in [3.05, 3.63) is 29.8 Å². The number of hydrogen-bond acceptors (Lipinski definition) is 3. The van der Waals surface area contributed by atoms with Gasteiger partial charge in [-0.3, -0.25) is 4.72 Å². The molecule has 0 atom stereocenters. The van der Waals surface area contributed by atoms with Crippen LogP contribution in [0.5, 0.6) is 0 Å². The molecule has 0 radical (unpaired) electrons. The Morgan fingerprint density at radius 2 is 1.83 bits per heavy atom. The highest BCUT2D eigenvalue weighted by Gasteiger charge is 2.35. The summed E-state index contributed by atoms with van der Waals surface area (Å²) in [6.45, 7) is 4.69. The zero-order valence-electron chi connectivity index (χ0n) is 10.8. The van der Waals surface area contributed by atoms with Gasteiger partial charge in [0.25, 0.3) is 0 Å². The van der Waals surface area contributed by atoms with Crippen LogP contribution in [0.3, 0.4) is 0 Å². The molecule has 0 heterocycles. The fraction of sp³-hybridized carbons (Fsp3) is 0.538. The molecule has 5 heteroatoms. The van der Waals surface area contributed by atoms with Crippen LogP contribution in [0.2, 0.25) is 0 Å². The quantitative estimate of drug-likeness (QED) is 0.855. The van der Waals surface area contributed by atoms with E-state index in [2.05, 4.69) is 18.6 Å². The van der Waals surface area contributed by atoms with E-state index < -0.39 is 10.0 Å². The third-order valence-electron chi connectivity index (χ3n) is 3.40. The van der Waals surface area contributed by atoms with E-state index in [0.717, 1.165) is 18.4 Å². The first-order valence-electron chi connectivity index (χ1n) is 6.17. The zero-order chi connectivity index (χ0) is 13.4. The summed E-state index contributed by atoms with van der Waals surface area (Å²) >= 11 is 0. The van der Waals surface area contributed by atoms with Crippen LogP contribution >= 0.6 is 0 Å². The molecule has 0 saturated heterocycles. The minimum atomic E-state index is -3.17. The summed E-state index contributed by atoms with van der Waals surface area (Å²) in [4.78, 5) is 0. The van der Waals surface area contributed by atoms with Crippen molar-refractivity contribution >= 4 is 15.7 Å². The van der Waals surface area contributed by atoms with Crippen molar-refractivity contribution in [2.75, 3.05) is 11.3 Å². The van der Waals surface area contributed by atoms with Gasteiger partial charge in [-0.2, -0.15) is 0 Å². The Balaban J connectivity index is 2.13. The molecule has 1 aliphatic rings. The Hall–Kier alpha value is -1.07. The second-order valence-corrected chi connectivity index (χ2v) is 7.47. The first kappa shape index (κ1) is 13.4. The lowest BCUT2D eigenvalue weighted by atomic mass is 9.85. The summed E-state index contributed by atoms with van der Waals surface area (Å²) in [7, 11) is -3.17. The van der Waals surface area contributed by atoms with Gasteiger partial charge in [-0.1, -0.05) is 26.0 Å². The van der Waals surface area contributed by atoms with Gasteiger partial charge in [-0.05, 0) is 30.5 Å². The molecular formula is C13H20N2O2S. The Labute approximate surface area is 109 Å². The molecule has 18 heavy (non-hydrogen) atoms. The molecule has 1 aromatic rings. The first-order chi connectivity index (χ1) is 8.35. The van der Waals surface area contributed by atoms with Gasteiger partial charge in [0.15, 0.2) is 0 Å². The summed E-state index contributed by atoms with van der Waals surface area (Å²) in [6.07, 6.45) is 1.54. The van der Waals surface area contributed by atoms with Crippen molar-refractivity contribution < 1.29 is 8.42 Å². The highest BCUT2D eigenvalue weighted by atomic mass is 32.2. The zero-order valence-corrected chi connectivity index (χ0v) is 11.6. The third-order valence-corrected chi connectivity index (χ3v) is 5.27. The molecule has 0 spiro atoms. The van der Waals surface area contributed by atoms with Gasteiger partial charge in [0.1, 0.15) is 0 Å². The lowest BCUT2D eigenvalue weighted by molar-refractivity contribution is 0.539. The van der Waals surface area contributed by atoms with Gasteiger partial charge in [-0.25, -0.2) is 8.42 Å². The molecule has 1 fully saturated rings. The summed E-state index contributed by atoms with van der Waals surface area (Å²) in [5.74, 6) is 0. The highest BCUT2D eigenvalue weighted by Crippen LogP contribution is 2.30. The molecule has 0 amide bonds. The molecular weight excluding hydrogens is 248 g/mol. The van der Waals surface area contributed by atoms with Crippen molar-refractivity contribution in [2.24, 2.45) is 5.73 Å². The largest absolute Gasteiger partial charge is 0.330 e. The standard InChI is InChI=1S/C13H20N2O2S/c1-13(2,9-14)10-3-5-11(6-4-10)15-18(16,17)12-7-8-12/h3-6,12,15H,7-9,14H2,1-2H3. The van der Waals surface area contributed by atoms with E-state index in [0.29, 0.717) is 12.2 Å². The van der Waals surface area contributed by atoms with Crippen LogP contribution in [0.4, 0.5) is 5.69 Å². The Bertz CT molecular complexity index is 516. The van der Waals surface area contributed by atoms with Crippen molar-refractivity contribution in [1.29, 1.82) is 0 Å². The van der Waals surface area contributed by atoms with Gasteiger partial charge >= 0.3 is 0 Å². The average Bonchev–Trinajstić information content (AvgIpc) is 3.13. The molecule has 0 unspecified atom stereocenters. The van der Waals surface area contributed by atoms with Crippen LogP contribution in [0, 0.1) is 0 Å². The van der Waals surface area contributed by atoms with Gasteiger partial charge in [-0.15, -0.1) is 0 Å². The normalized spacial score (nSPS) is 16.6. The van der Waals surface area contributed by atoms with Crippen LogP contribution in [0.25, 0.3) is 0 Å². The van der Waals surface area contributed by atoms with E-state index in [1.165, 1.54) is 0 Å². The molecule has 0 aromatic heterocycles. The van der Waals surface area contributed by atoms with Crippen LogP contribution < -0.4 is 10.5 Å². The van der Waals surface area contributed by atoms with E-state index in [9.17, 15) is 8.42 Å². The topological polar surface area (TPSA) is 72.2 Å². The molecule has 1 aromatic carbocycles. The van der Waals surface area contributed by atoms with Gasteiger partial charge in [0, 0.05) is 17.6 Å². The van der Waals surface area contributed by atoms with Crippen molar-refractivity contribution in [3.63, 3.8) is 0 Å². The number of benzene rings is 1. The molecule has 100 valence electrons. The van der Waals surface area contributed by atoms with E-state index in [1.807, 2.05) is 12.1 Å². The second-order valence-electron chi connectivity index (χ2n) is 5.51. The fourth-order valence-corrected chi connectivity index (χ4v) is 3.12. The van der Waals surface area contributed by atoms with Crippen molar-refractivity contribution in [2.45, 2.75) is 37.4 Å². The average molecular weight is 268 g/mol. The summed E-state index contributed by atoms with van der Waals surface area (Å²) in [5, 5.41) is -0.197. The molecule has 1 aliphatic carbocycles. The minimum Gasteiger partial charge on any atom is -0.330 e. The van der Waals surface area contributed by atoms with Gasteiger partial charge in [0.2, 0.25) is 10.0 Å². The SMILES string of the molecule is CC(C)(CN)c1ccc(NS(=O)(=O)C2CC2)cc1. The molecule has 4 nitrogen and oxygen atoms in total. The van der Waals surface area contributed by atoms with Crippen molar-refractivity contribution in [3.8, 4) is 0 Å². The minimum absolute atomic E-state index is 0.0894. The second kappa shape index (κ2) is 4.55. The molecule has 0 aliphatic heterocycles. The van der Waals surface area contributed by atoms with Gasteiger partial charge < -0.3 is 5.73 Å². The molecule has 2 rings (SSSR count). The number of anilines is 1. The number of nitrogens with one attached hydrogen (secondary N) is 1. The Morgan fingerprint density at radius 3 is 2.28 bits per heavy atom. The predicted molar refractivity (Wildman–Crippen MR) is 74.1 cm³/mol. The smallest absolute Gasteiger partial charge is 0.235 e. The van der Waals surface area contributed by atoms with E-state index in [-0.39, 0.29) is 10.7 Å². The fourth-order valence-electron chi connectivity index (χ4n) is 1.73. The number of sulfonamides is 1. The summed E-state index contributed by atoms with van der Waals surface area (Å²) in [5.41, 5.74) is 7.36. The number of nitrogens with two attached hydrogens (primary N) is 1.